The molecule has 2 heterocycles. The lowest BCUT2D eigenvalue weighted by Crippen LogP contribution is -2.65. The van der Waals surface area contributed by atoms with Crippen LogP contribution in [0.25, 0.3) is 0 Å². The minimum Gasteiger partial charge on any atom is -0.309 e. The Hall–Kier alpha value is -0.680. The third kappa shape index (κ3) is 4.94. The SMILES string of the molecule is CC[N+]1(C2CCCCN2)CCC(C(=O)c2ccc(F)cc2)CC1.Cl.Cl. The lowest BCUT2D eigenvalue weighted by molar-refractivity contribution is -0.958. The van der Waals surface area contributed by atoms with E-state index in [2.05, 4.69) is 12.2 Å². The number of nitrogens with one attached hydrogen (secondary N) is 1. The quantitative estimate of drug-likeness (QED) is 0.615. The molecule has 0 amide bonds. The van der Waals surface area contributed by atoms with E-state index in [1.807, 2.05) is 0 Å². The highest BCUT2D eigenvalue weighted by atomic mass is 35.5. The summed E-state index contributed by atoms with van der Waals surface area (Å²) in [6.07, 6.45) is 6.31. The molecular weight excluding hydrogens is 362 g/mol. The van der Waals surface area contributed by atoms with E-state index < -0.39 is 0 Å². The number of benzene rings is 1. The number of piperidine rings is 2. The Balaban J connectivity index is 0.00000156. The molecule has 1 N–H and O–H groups in total. The van der Waals surface area contributed by atoms with Crippen molar-refractivity contribution in [3.63, 3.8) is 0 Å². The maximum atomic E-state index is 13.0. The fourth-order valence-electron chi connectivity index (χ4n) is 4.34. The van der Waals surface area contributed by atoms with E-state index in [4.69, 9.17) is 0 Å². The molecule has 1 aromatic rings. The van der Waals surface area contributed by atoms with E-state index in [1.165, 1.54) is 31.4 Å². The second kappa shape index (κ2) is 9.86. The molecule has 0 aliphatic carbocycles. The van der Waals surface area contributed by atoms with Gasteiger partial charge in [0.25, 0.3) is 0 Å². The van der Waals surface area contributed by atoms with Gasteiger partial charge in [0, 0.05) is 37.3 Å². The molecule has 0 radical (unpaired) electrons. The number of carbonyl (C=O) groups is 1. The van der Waals surface area contributed by atoms with Crippen LogP contribution in [0.15, 0.2) is 24.3 Å². The summed E-state index contributed by atoms with van der Waals surface area (Å²) in [7, 11) is 0. The first-order chi connectivity index (χ1) is 11.1. The highest BCUT2D eigenvalue weighted by molar-refractivity contribution is 5.97. The number of quaternary nitrogens is 1. The summed E-state index contributed by atoms with van der Waals surface area (Å²) in [5, 5.41) is 3.71. The highest BCUT2D eigenvalue weighted by Gasteiger charge is 2.41. The average molecular weight is 392 g/mol. The minimum absolute atomic E-state index is 0. The molecule has 1 unspecified atom stereocenters. The van der Waals surface area contributed by atoms with Gasteiger partial charge in [0.1, 0.15) is 12.0 Å². The fourth-order valence-corrected chi connectivity index (χ4v) is 4.34. The Morgan fingerprint density at radius 3 is 2.28 bits per heavy atom. The van der Waals surface area contributed by atoms with Crippen LogP contribution in [0.3, 0.4) is 0 Å². The number of rotatable bonds is 4. The van der Waals surface area contributed by atoms with Gasteiger partial charge < -0.3 is 4.48 Å². The van der Waals surface area contributed by atoms with Crippen molar-refractivity contribution in [3.05, 3.63) is 35.6 Å². The van der Waals surface area contributed by atoms with Crippen LogP contribution in [-0.4, -0.2) is 42.6 Å². The molecule has 0 spiro atoms. The van der Waals surface area contributed by atoms with Crippen LogP contribution in [0.5, 0.6) is 0 Å². The first-order valence-electron chi connectivity index (χ1n) is 9.03. The van der Waals surface area contributed by atoms with Crippen molar-refractivity contribution in [2.24, 2.45) is 5.92 Å². The van der Waals surface area contributed by atoms with Gasteiger partial charge >= 0.3 is 0 Å². The summed E-state index contributed by atoms with van der Waals surface area (Å²) in [5.74, 6) is 0.00703. The van der Waals surface area contributed by atoms with Crippen LogP contribution < -0.4 is 5.32 Å². The Bertz CT molecular complexity index is 539. The predicted octanol–water partition coefficient (Wildman–Crippen LogP) is 4.20. The molecular formula is C19H30Cl2FN2O+. The van der Waals surface area contributed by atoms with Gasteiger partial charge in [-0.15, -0.1) is 24.8 Å². The van der Waals surface area contributed by atoms with Crippen molar-refractivity contribution < 1.29 is 13.7 Å². The topological polar surface area (TPSA) is 29.1 Å². The summed E-state index contributed by atoms with van der Waals surface area (Å²) >= 11 is 0. The molecule has 6 heteroatoms. The Kier molecular flexibility index (Phi) is 8.82. The first-order valence-corrected chi connectivity index (χ1v) is 9.03. The molecule has 2 aliphatic rings. The van der Waals surface area contributed by atoms with Crippen molar-refractivity contribution in [1.82, 2.24) is 5.32 Å². The van der Waals surface area contributed by atoms with Gasteiger partial charge in [-0.1, -0.05) is 0 Å². The standard InChI is InChI=1S/C19H28FN2O.2ClH/c1-2-22(18-5-3-4-12-21-18)13-10-16(11-14-22)19(23)15-6-8-17(20)9-7-15;;/h6-9,16,18,21H,2-5,10-14H2,1H3;2*1H/q+1;;. The molecule has 0 saturated carbocycles. The zero-order valence-corrected chi connectivity index (χ0v) is 16.5. The maximum Gasteiger partial charge on any atom is 0.166 e. The molecule has 142 valence electrons. The van der Waals surface area contributed by atoms with E-state index in [1.54, 1.807) is 12.1 Å². The normalized spacial score (nSPS) is 29.2. The lowest BCUT2D eigenvalue weighted by atomic mass is 9.86. The second-order valence-electron chi connectivity index (χ2n) is 7.09. The van der Waals surface area contributed by atoms with Gasteiger partial charge in [-0.2, -0.15) is 0 Å². The van der Waals surface area contributed by atoms with Crippen LogP contribution in [0.2, 0.25) is 0 Å². The second-order valence-corrected chi connectivity index (χ2v) is 7.09. The summed E-state index contributed by atoms with van der Waals surface area (Å²) in [6.45, 7) is 6.69. The smallest absolute Gasteiger partial charge is 0.166 e. The zero-order valence-electron chi connectivity index (χ0n) is 14.9. The number of likely N-dealkylation sites (tertiary alicyclic amines) is 1. The number of ketones is 1. The van der Waals surface area contributed by atoms with E-state index >= 15 is 0 Å². The molecule has 3 nitrogen and oxygen atoms in total. The number of nitrogens with zero attached hydrogens (tertiary/aromatic N) is 1. The van der Waals surface area contributed by atoms with Gasteiger partial charge in [-0.3, -0.25) is 10.1 Å². The first kappa shape index (κ1) is 22.4. The van der Waals surface area contributed by atoms with E-state index in [0.717, 1.165) is 43.5 Å². The third-order valence-electron chi connectivity index (χ3n) is 5.92. The number of hydrogen-bond donors (Lipinski definition) is 1. The Morgan fingerprint density at radius 2 is 1.76 bits per heavy atom. The van der Waals surface area contributed by atoms with Gasteiger partial charge in [0.05, 0.1) is 19.6 Å². The van der Waals surface area contributed by atoms with E-state index in [0.29, 0.717) is 11.7 Å². The van der Waals surface area contributed by atoms with Gasteiger partial charge in [0.15, 0.2) is 5.78 Å². The van der Waals surface area contributed by atoms with Crippen LogP contribution in [0, 0.1) is 11.7 Å². The fraction of sp³-hybridized carbons (Fsp3) is 0.632. The van der Waals surface area contributed by atoms with Gasteiger partial charge in [0.2, 0.25) is 0 Å². The Labute approximate surface area is 162 Å². The molecule has 1 atom stereocenters. The highest BCUT2D eigenvalue weighted by Crippen LogP contribution is 2.30. The zero-order chi connectivity index (χ0) is 16.3. The lowest BCUT2D eigenvalue weighted by Gasteiger charge is -2.49. The van der Waals surface area contributed by atoms with Crippen molar-refractivity contribution in [2.75, 3.05) is 26.2 Å². The number of Topliss-reactive ketones (excluding diaryl/α,β-unsaturated/α-hetero) is 1. The van der Waals surface area contributed by atoms with Crippen LogP contribution >= 0.6 is 24.8 Å². The van der Waals surface area contributed by atoms with Gasteiger partial charge in [-0.25, -0.2) is 4.39 Å². The van der Waals surface area contributed by atoms with Gasteiger partial charge in [-0.05, 0) is 44.0 Å². The number of carbonyl (C=O) groups excluding carboxylic acids is 1. The Morgan fingerprint density at radius 1 is 1.12 bits per heavy atom. The number of halogens is 3. The molecule has 0 aromatic heterocycles. The van der Waals surface area contributed by atoms with Crippen molar-refractivity contribution >= 4 is 30.6 Å². The van der Waals surface area contributed by atoms with E-state index in [-0.39, 0.29) is 42.3 Å². The van der Waals surface area contributed by atoms with Crippen LogP contribution in [0.1, 0.15) is 49.4 Å². The molecule has 1 aromatic carbocycles. The number of hydrogen-bond acceptors (Lipinski definition) is 2. The van der Waals surface area contributed by atoms with Crippen molar-refractivity contribution in [2.45, 2.75) is 45.2 Å². The average Bonchev–Trinajstić information content (AvgIpc) is 2.62. The maximum absolute atomic E-state index is 13.0. The predicted molar refractivity (Wildman–Crippen MR) is 104 cm³/mol. The summed E-state index contributed by atoms with van der Waals surface area (Å²) in [5.41, 5.74) is 0.656. The molecule has 2 saturated heterocycles. The van der Waals surface area contributed by atoms with Crippen molar-refractivity contribution in [1.29, 1.82) is 0 Å². The summed E-state index contributed by atoms with van der Waals surface area (Å²) < 4.78 is 14.1. The van der Waals surface area contributed by atoms with E-state index in [9.17, 15) is 9.18 Å². The summed E-state index contributed by atoms with van der Waals surface area (Å²) in [6, 6.07) is 6.01. The molecule has 3 rings (SSSR count). The third-order valence-corrected chi connectivity index (χ3v) is 5.92. The monoisotopic (exact) mass is 391 g/mol. The van der Waals surface area contributed by atoms with Crippen LogP contribution in [0.4, 0.5) is 4.39 Å². The molecule has 2 fully saturated rings. The molecule has 0 bridgehead atoms. The largest absolute Gasteiger partial charge is 0.309 e. The minimum atomic E-state index is -0.282. The molecule has 2 aliphatic heterocycles. The molecule has 25 heavy (non-hydrogen) atoms. The van der Waals surface area contributed by atoms with Crippen molar-refractivity contribution in [3.8, 4) is 0 Å². The summed E-state index contributed by atoms with van der Waals surface area (Å²) in [4.78, 5) is 12.6. The van der Waals surface area contributed by atoms with Crippen LogP contribution in [-0.2, 0) is 0 Å².